The Morgan fingerprint density at radius 3 is 2.12 bits per heavy atom. The van der Waals surface area contributed by atoms with Crippen LogP contribution < -0.4 is 4.90 Å². The molecular weight excluding hydrogens is 629 g/mol. The number of anilines is 1. The fourth-order valence-electron chi connectivity index (χ4n) is 3.46. The molecule has 0 fully saturated rings. The number of ether oxygens (including phenoxy) is 1. The first-order valence-electron chi connectivity index (χ1n) is 11.4. The summed E-state index contributed by atoms with van der Waals surface area (Å²) in [5.74, 6) is -2.87. The van der Waals surface area contributed by atoms with Gasteiger partial charge in [0.15, 0.2) is 22.3 Å². The molecule has 1 heterocycles. The van der Waals surface area contributed by atoms with Crippen LogP contribution in [0.3, 0.4) is 0 Å². The van der Waals surface area contributed by atoms with Crippen LogP contribution in [-0.2, 0) is 31.3 Å². The molecule has 0 radical (unpaired) electrons. The normalized spacial score (nSPS) is 13.3. The van der Waals surface area contributed by atoms with E-state index < -0.39 is 84.6 Å². The predicted molar refractivity (Wildman–Crippen MR) is 134 cm³/mol. The Kier molecular flexibility index (Phi) is 11.0. The second-order valence-electron chi connectivity index (χ2n) is 8.27. The number of rotatable bonds is 10. The Morgan fingerprint density at radius 1 is 1.12 bits per heavy atom. The van der Waals surface area contributed by atoms with Crippen molar-refractivity contribution in [2.75, 3.05) is 18.6 Å². The second kappa shape index (κ2) is 13.2. The molecule has 0 aliphatic heterocycles. The summed E-state index contributed by atoms with van der Waals surface area (Å²) < 4.78 is 98.2. The van der Waals surface area contributed by atoms with Crippen LogP contribution in [0.2, 0.25) is 10.0 Å². The monoisotopic (exact) mass is 648 g/mol. The Labute approximate surface area is 241 Å². The molecule has 1 amide bonds. The minimum absolute atomic E-state index is 0.0209. The molecule has 9 nitrogen and oxygen atoms in total. The summed E-state index contributed by atoms with van der Waals surface area (Å²) in [5, 5.41) is 11.5. The summed E-state index contributed by atoms with van der Waals surface area (Å²) in [6, 6.07) is 2.06. The zero-order valence-corrected chi connectivity index (χ0v) is 23.7. The molecule has 18 heteroatoms. The molecule has 41 heavy (non-hydrogen) atoms. The van der Waals surface area contributed by atoms with Gasteiger partial charge in [-0.3, -0.25) is 14.5 Å². The van der Waals surface area contributed by atoms with Gasteiger partial charge < -0.3 is 4.74 Å². The molecular formula is C23H20Cl2F6N4O5S. The van der Waals surface area contributed by atoms with Gasteiger partial charge in [0.05, 0.1) is 21.5 Å². The lowest BCUT2D eigenvalue weighted by molar-refractivity contribution is -0.137. The zero-order valence-electron chi connectivity index (χ0n) is 21.3. The molecule has 0 bridgehead atoms. The van der Waals surface area contributed by atoms with Crippen molar-refractivity contribution >= 4 is 57.5 Å². The van der Waals surface area contributed by atoms with E-state index in [1.165, 1.54) is 13.0 Å². The van der Waals surface area contributed by atoms with Gasteiger partial charge in [-0.05, 0) is 12.1 Å². The number of carbonyl (C=O) groups excluding carboxylic acids is 3. The molecule has 1 aromatic carbocycles. The van der Waals surface area contributed by atoms with E-state index in [9.17, 15) is 50.2 Å². The van der Waals surface area contributed by atoms with Gasteiger partial charge in [-0.2, -0.15) is 36.7 Å². The predicted octanol–water partition coefficient (Wildman–Crippen LogP) is 6.23. The van der Waals surface area contributed by atoms with E-state index in [0.29, 0.717) is 21.7 Å². The van der Waals surface area contributed by atoms with Gasteiger partial charge in [0, 0.05) is 26.3 Å². The summed E-state index contributed by atoms with van der Waals surface area (Å²) in [4.78, 5) is 36.1. The van der Waals surface area contributed by atoms with Crippen LogP contribution >= 0.6 is 23.2 Å². The lowest BCUT2D eigenvalue weighted by Crippen LogP contribution is -2.33. The quantitative estimate of drug-likeness (QED) is 0.280. The third-order valence-electron chi connectivity index (χ3n) is 5.55. The molecule has 2 atom stereocenters. The molecule has 0 N–H and O–H groups in total. The summed E-state index contributed by atoms with van der Waals surface area (Å²) in [6.45, 7) is 2.38. The number of amides is 1. The highest BCUT2D eigenvalue weighted by molar-refractivity contribution is 7.86. The van der Waals surface area contributed by atoms with Gasteiger partial charge in [-0.1, -0.05) is 37.0 Å². The lowest BCUT2D eigenvalue weighted by atomic mass is 9.96. The molecule has 2 rings (SSSR count). The standard InChI is InChI=1S/C23H20Cl2F6N4O5S/c1-4-13(36)6-11(17(37)5-2)10-40-21(38)34(3)20-19(41(39)23(29,30)31)16(9-32)33-35(20)18-14(24)7-12(8-15(18)25)22(26,27)28/h7-8,11H,4-6,10H2,1-3H3. The summed E-state index contributed by atoms with van der Waals surface area (Å²) >= 11 is 12.0. The van der Waals surface area contributed by atoms with Crippen molar-refractivity contribution in [1.82, 2.24) is 9.78 Å². The van der Waals surface area contributed by atoms with Gasteiger partial charge in [0.25, 0.3) is 0 Å². The van der Waals surface area contributed by atoms with Gasteiger partial charge in [-0.15, -0.1) is 0 Å². The largest absolute Gasteiger partial charge is 0.476 e. The number of nitrogens with zero attached hydrogens (tertiary/aromatic N) is 4. The number of hydrogen-bond acceptors (Lipinski definition) is 7. The molecule has 1 aromatic heterocycles. The van der Waals surface area contributed by atoms with Crippen molar-refractivity contribution in [3.63, 3.8) is 0 Å². The van der Waals surface area contributed by atoms with Crippen molar-refractivity contribution < 1.29 is 49.7 Å². The van der Waals surface area contributed by atoms with Gasteiger partial charge in [-0.25, -0.2) is 13.7 Å². The first-order chi connectivity index (χ1) is 18.9. The fraction of sp³-hybridized carbons (Fsp3) is 0.435. The first kappa shape index (κ1) is 34.0. The number of ketones is 2. The molecule has 224 valence electrons. The molecule has 0 saturated carbocycles. The van der Waals surface area contributed by atoms with E-state index in [4.69, 9.17) is 27.9 Å². The summed E-state index contributed by atoms with van der Waals surface area (Å²) in [6.07, 6.45) is -6.60. The Bertz CT molecular complexity index is 1400. The number of hydrogen-bond donors (Lipinski definition) is 0. The van der Waals surface area contributed by atoms with E-state index in [-0.39, 0.29) is 25.0 Å². The molecule has 2 aromatic rings. The molecule has 0 aliphatic carbocycles. The Hall–Kier alpha value is -3.16. The van der Waals surface area contributed by atoms with Gasteiger partial charge in [0.1, 0.15) is 34.8 Å². The Balaban J connectivity index is 2.72. The van der Waals surface area contributed by atoms with E-state index in [1.807, 2.05) is 0 Å². The number of nitriles is 1. The smallest absolute Gasteiger partial charge is 0.448 e. The molecule has 0 spiro atoms. The van der Waals surface area contributed by atoms with Crippen LogP contribution in [0.5, 0.6) is 0 Å². The van der Waals surface area contributed by atoms with Crippen LogP contribution in [-0.4, -0.2) is 50.8 Å². The maximum absolute atomic E-state index is 13.6. The number of benzene rings is 1. The van der Waals surface area contributed by atoms with Crippen LogP contribution in [0.1, 0.15) is 44.4 Å². The maximum Gasteiger partial charge on any atom is 0.476 e. The third kappa shape index (κ3) is 7.77. The highest BCUT2D eigenvalue weighted by Gasteiger charge is 2.45. The molecule has 0 aliphatic rings. The van der Waals surface area contributed by atoms with Crippen molar-refractivity contribution in [2.45, 2.75) is 49.7 Å². The molecule has 2 unspecified atom stereocenters. The van der Waals surface area contributed by atoms with Gasteiger partial charge >= 0.3 is 17.8 Å². The average molecular weight is 649 g/mol. The number of halogens is 8. The van der Waals surface area contributed by atoms with Crippen molar-refractivity contribution in [1.29, 1.82) is 5.26 Å². The topological polar surface area (TPSA) is 122 Å². The second-order valence-corrected chi connectivity index (χ2v) is 10.5. The van der Waals surface area contributed by atoms with Crippen LogP contribution in [0.15, 0.2) is 17.0 Å². The van der Waals surface area contributed by atoms with E-state index in [2.05, 4.69) is 5.10 Å². The minimum atomic E-state index is -5.48. The minimum Gasteiger partial charge on any atom is -0.448 e. The first-order valence-corrected chi connectivity index (χ1v) is 13.3. The zero-order chi connectivity index (χ0) is 31.4. The number of Topliss-reactive ketones (excluding diaryl/α,β-unsaturated/α-hetero) is 2. The summed E-state index contributed by atoms with van der Waals surface area (Å²) in [7, 11) is -3.17. The van der Waals surface area contributed by atoms with Crippen LogP contribution in [0.25, 0.3) is 5.69 Å². The third-order valence-corrected chi connectivity index (χ3v) is 7.29. The van der Waals surface area contributed by atoms with Gasteiger partial charge in [0.2, 0.25) is 0 Å². The molecule has 0 saturated heterocycles. The van der Waals surface area contributed by atoms with E-state index >= 15 is 0 Å². The van der Waals surface area contributed by atoms with Crippen LogP contribution in [0, 0.1) is 17.2 Å². The van der Waals surface area contributed by atoms with E-state index in [1.54, 1.807) is 6.92 Å². The maximum atomic E-state index is 13.6. The lowest BCUT2D eigenvalue weighted by Gasteiger charge is -2.22. The highest BCUT2D eigenvalue weighted by atomic mass is 35.5. The average Bonchev–Trinajstić information content (AvgIpc) is 3.26. The number of carbonyl (C=O) groups is 3. The number of aromatic nitrogens is 2. The van der Waals surface area contributed by atoms with Crippen molar-refractivity contribution in [3.8, 4) is 11.8 Å². The fourth-order valence-corrected chi connectivity index (χ4v) is 4.99. The summed E-state index contributed by atoms with van der Waals surface area (Å²) in [5.41, 5.74) is -8.60. The van der Waals surface area contributed by atoms with Crippen molar-refractivity contribution in [2.24, 2.45) is 5.92 Å². The van der Waals surface area contributed by atoms with Crippen molar-refractivity contribution in [3.05, 3.63) is 33.4 Å². The number of alkyl halides is 6. The highest BCUT2D eigenvalue weighted by Crippen LogP contribution is 2.42. The van der Waals surface area contributed by atoms with E-state index in [0.717, 1.165) is 7.05 Å². The SMILES string of the molecule is CCC(=O)CC(COC(=O)N(C)c1c(S(=O)C(F)(F)F)c(C#N)nn1-c1c(Cl)cc(C(F)(F)F)cc1Cl)C(=O)CC. The Morgan fingerprint density at radius 2 is 1.68 bits per heavy atom. The van der Waals surface area contributed by atoms with Crippen LogP contribution in [0.4, 0.5) is 37.0 Å².